The lowest BCUT2D eigenvalue weighted by molar-refractivity contribution is 0.340. The Morgan fingerprint density at radius 1 is 1.14 bits per heavy atom. The fourth-order valence-electron chi connectivity index (χ4n) is 1.96. The van der Waals surface area contributed by atoms with Crippen LogP contribution in [0.3, 0.4) is 0 Å². The quantitative estimate of drug-likeness (QED) is 0.809. The van der Waals surface area contributed by atoms with Crippen LogP contribution >= 0.6 is 0 Å². The Morgan fingerprint density at radius 2 is 1.86 bits per heavy atom. The predicted molar refractivity (Wildman–Crippen MR) is 91.0 cm³/mol. The first-order valence-electron chi connectivity index (χ1n) is 7.66. The zero-order chi connectivity index (χ0) is 15.9. The molecule has 0 aliphatic carbocycles. The van der Waals surface area contributed by atoms with E-state index in [1.807, 2.05) is 44.2 Å². The van der Waals surface area contributed by atoms with E-state index < -0.39 is 0 Å². The SMILES string of the molecule is CCOc1ccc(Nc2cc(C)nc(NCC(C)C)n2)cc1. The maximum Gasteiger partial charge on any atom is 0.224 e. The van der Waals surface area contributed by atoms with Crippen LogP contribution in [0.25, 0.3) is 0 Å². The second kappa shape index (κ2) is 7.64. The van der Waals surface area contributed by atoms with E-state index in [4.69, 9.17) is 4.74 Å². The minimum atomic E-state index is 0.548. The Balaban J connectivity index is 2.08. The summed E-state index contributed by atoms with van der Waals surface area (Å²) >= 11 is 0. The third-order valence-corrected chi connectivity index (χ3v) is 2.96. The van der Waals surface area contributed by atoms with Gasteiger partial charge in [0.2, 0.25) is 5.95 Å². The third kappa shape index (κ3) is 4.91. The maximum absolute atomic E-state index is 5.44. The van der Waals surface area contributed by atoms with E-state index in [1.165, 1.54) is 0 Å². The molecule has 5 nitrogen and oxygen atoms in total. The van der Waals surface area contributed by atoms with Gasteiger partial charge in [-0.05, 0) is 44.0 Å². The molecule has 0 spiro atoms. The monoisotopic (exact) mass is 300 g/mol. The Hall–Kier alpha value is -2.30. The molecule has 2 N–H and O–H groups in total. The maximum atomic E-state index is 5.44. The molecular formula is C17H24N4O. The van der Waals surface area contributed by atoms with Gasteiger partial charge in [-0.25, -0.2) is 4.98 Å². The van der Waals surface area contributed by atoms with Gasteiger partial charge >= 0.3 is 0 Å². The lowest BCUT2D eigenvalue weighted by atomic mass is 10.2. The average molecular weight is 300 g/mol. The van der Waals surface area contributed by atoms with Crippen LogP contribution in [0.5, 0.6) is 5.75 Å². The average Bonchev–Trinajstić information content (AvgIpc) is 2.47. The van der Waals surface area contributed by atoms with Crippen molar-refractivity contribution in [3.05, 3.63) is 36.0 Å². The van der Waals surface area contributed by atoms with E-state index in [9.17, 15) is 0 Å². The molecule has 0 saturated heterocycles. The number of nitrogens with one attached hydrogen (secondary N) is 2. The Bertz CT molecular complexity index is 596. The van der Waals surface area contributed by atoms with Crippen molar-refractivity contribution in [3.63, 3.8) is 0 Å². The summed E-state index contributed by atoms with van der Waals surface area (Å²) in [7, 11) is 0. The molecule has 0 radical (unpaired) electrons. The summed E-state index contributed by atoms with van der Waals surface area (Å²) in [6, 6.07) is 9.76. The van der Waals surface area contributed by atoms with Gasteiger partial charge in [-0.15, -0.1) is 0 Å². The van der Waals surface area contributed by atoms with Crippen molar-refractivity contribution in [1.82, 2.24) is 9.97 Å². The number of nitrogens with zero attached hydrogens (tertiary/aromatic N) is 2. The number of benzene rings is 1. The zero-order valence-electron chi connectivity index (χ0n) is 13.7. The summed E-state index contributed by atoms with van der Waals surface area (Å²) in [6.07, 6.45) is 0. The Labute approximate surface area is 132 Å². The Kier molecular flexibility index (Phi) is 5.58. The number of rotatable bonds is 7. The molecule has 0 saturated carbocycles. The van der Waals surface area contributed by atoms with Gasteiger partial charge in [-0.2, -0.15) is 4.98 Å². The van der Waals surface area contributed by atoms with Gasteiger partial charge in [0.05, 0.1) is 6.61 Å². The van der Waals surface area contributed by atoms with Gasteiger partial charge in [-0.3, -0.25) is 0 Å². The van der Waals surface area contributed by atoms with Crippen LogP contribution in [0.15, 0.2) is 30.3 Å². The number of aryl methyl sites for hydroxylation is 1. The molecule has 5 heteroatoms. The molecule has 0 bridgehead atoms. The van der Waals surface area contributed by atoms with Crippen LogP contribution in [-0.2, 0) is 0 Å². The van der Waals surface area contributed by atoms with Gasteiger partial charge in [0.25, 0.3) is 0 Å². The van der Waals surface area contributed by atoms with Crippen LogP contribution in [0, 0.1) is 12.8 Å². The lowest BCUT2D eigenvalue weighted by Crippen LogP contribution is -2.11. The summed E-state index contributed by atoms with van der Waals surface area (Å²) in [4.78, 5) is 8.90. The van der Waals surface area contributed by atoms with Crippen LogP contribution < -0.4 is 15.4 Å². The predicted octanol–water partition coefficient (Wildman–Crippen LogP) is 4.00. The van der Waals surface area contributed by atoms with E-state index in [0.29, 0.717) is 18.5 Å². The van der Waals surface area contributed by atoms with Crippen LogP contribution in [0.1, 0.15) is 26.5 Å². The third-order valence-electron chi connectivity index (χ3n) is 2.96. The van der Waals surface area contributed by atoms with Crippen molar-refractivity contribution in [1.29, 1.82) is 0 Å². The van der Waals surface area contributed by atoms with E-state index >= 15 is 0 Å². The van der Waals surface area contributed by atoms with Crippen molar-refractivity contribution in [3.8, 4) is 5.75 Å². The summed E-state index contributed by atoms with van der Waals surface area (Å²) in [5, 5.41) is 6.55. The molecule has 22 heavy (non-hydrogen) atoms. The molecule has 118 valence electrons. The molecule has 0 aliphatic rings. The molecular weight excluding hydrogens is 276 g/mol. The standard InChI is InChI=1S/C17H24N4O/c1-5-22-15-8-6-14(7-9-15)20-16-10-13(4)19-17(21-16)18-11-12(2)3/h6-10,12H,5,11H2,1-4H3,(H2,18,19,20,21). The minimum absolute atomic E-state index is 0.548. The highest BCUT2D eigenvalue weighted by atomic mass is 16.5. The summed E-state index contributed by atoms with van der Waals surface area (Å²) in [6.45, 7) is 9.77. The molecule has 0 fully saturated rings. The lowest BCUT2D eigenvalue weighted by Gasteiger charge is -2.11. The first kappa shape index (κ1) is 16.1. The highest BCUT2D eigenvalue weighted by Gasteiger charge is 2.04. The van der Waals surface area contributed by atoms with E-state index in [2.05, 4.69) is 34.4 Å². The molecule has 0 atom stereocenters. The summed E-state index contributed by atoms with van der Waals surface area (Å²) < 4.78 is 5.44. The second-order valence-corrected chi connectivity index (χ2v) is 5.58. The number of hydrogen-bond donors (Lipinski definition) is 2. The Morgan fingerprint density at radius 3 is 2.50 bits per heavy atom. The zero-order valence-corrected chi connectivity index (χ0v) is 13.7. The van der Waals surface area contributed by atoms with Gasteiger partial charge in [0.15, 0.2) is 0 Å². The van der Waals surface area contributed by atoms with Gasteiger partial charge < -0.3 is 15.4 Å². The van der Waals surface area contributed by atoms with Gasteiger partial charge in [0.1, 0.15) is 11.6 Å². The summed E-state index contributed by atoms with van der Waals surface area (Å²) in [5.74, 6) is 2.85. The highest BCUT2D eigenvalue weighted by Crippen LogP contribution is 2.20. The van der Waals surface area contributed by atoms with Crippen molar-refractivity contribution in [2.45, 2.75) is 27.7 Å². The fourth-order valence-corrected chi connectivity index (χ4v) is 1.96. The first-order chi connectivity index (χ1) is 10.6. The topological polar surface area (TPSA) is 59.1 Å². The highest BCUT2D eigenvalue weighted by molar-refractivity contribution is 5.58. The molecule has 1 heterocycles. The van der Waals surface area contributed by atoms with Crippen molar-refractivity contribution < 1.29 is 4.74 Å². The smallest absolute Gasteiger partial charge is 0.224 e. The van der Waals surface area contributed by atoms with E-state index in [1.54, 1.807) is 0 Å². The number of anilines is 3. The van der Waals surface area contributed by atoms with Crippen molar-refractivity contribution in [2.75, 3.05) is 23.8 Å². The van der Waals surface area contributed by atoms with Crippen LogP contribution in [0.2, 0.25) is 0 Å². The molecule has 1 aromatic heterocycles. The molecule has 0 unspecified atom stereocenters. The van der Waals surface area contributed by atoms with E-state index in [-0.39, 0.29) is 0 Å². The van der Waals surface area contributed by atoms with Gasteiger partial charge in [-0.1, -0.05) is 13.8 Å². The van der Waals surface area contributed by atoms with Crippen LogP contribution in [0.4, 0.5) is 17.5 Å². The van der Waals surface area contributed by atoms with Crippen LogP contribution in [-0.4, -0.2) is 23.1 Å². The molecule has 0 amide bonds. The van der Waals surface area contributed by atoms with E-state index in [0.717, 1.165) is 29.5 Å². The summed E-state index contributed by atoms with van der Waals surface area (Å²) in [5.41, 5.74) is 1.89. The molecule has 2 rings (SSSR count). The largest absolute Gasteiger partial charge is 0.494 e. The van der Waals surface area contributed by atoms with Gasteiger partial charge in [0, 0.05) is 24.0 Å². The van der Waals surface area contributed by atoms with Crippen molar-refractivity contribution in [2.24, 2.45) is 5.92 Å². The second-order valence-electron chi connectivity index (χ2n) is 5.58. The normalized spacial score (nSPS) is 10.6. The fraction of sp³-hybridized carbons (Fsp3) is 0.412. The number of aromatic nitrogens is 2. The molecule has 0 aliphatic heterocycles. The minimum Gasteiger partial charge on any atom is -0.494 e. The molecule has 2 aromatic rings. The first-order valence-corrected chi connectivity index (χ1v) is 7.66. The molecule has 1 aromatic carbocycles. The number of ether oxygens (including phenoxy) is 1. The number of hydrogen-bond acceptors (Lipinski definition) is 5. The van der Waals surface area contributed by atoms with Crippen molar-refractivity contribution >= 4 is 17.5 Å².